The fourth-order valence-electron chi connectivity index (χ4n) is 1.74. The van der Waals surface area contributed by atoms with Crippen LogP contribution in [0.1, 0.15) is 44.4 Å². The highest BCUT2D eigenvalue weighted by Gasteiger charge is 2.13. The third-order valence-electron chi connectivity index (χ3n) is 2.68. The molecule has 0 aliphatic heterocycles. The van der Waals surface area contributed by atoms with E-state index in [4.69, 9.17) is 4.74 Å². The lowest BCUT2D eigenvalue weighted by atomic mass is 10.0. The molecule has 0 bridgehead atoms. The average Bonchev–Trinajstić information content (AvgIpc) is 2.30. The van der Waals surface area contributed by atoms with Crippen molar-refractivity contribution in [2.24, 2.45) is 0 Å². The highest BCUT2D eigenvalue weighted by Crippen LogP contribution is 2.17. The minimum Gasteiger partial charge on any atom is -0.377 e. The number of rotatable bonds is 7. The normalized spacial score (nSPS) is 13.0. The van der Waals surface area contributed by atoms with Gasteiger partial charge >= 0.3 is 0 Å². The number of nitrogens with one attached hydrogen (secondary N) is 1. The Morgan fingerprint density at radius 2 is 2.18 bits per heavy atom. The van der Waals surface area contributed by atoms with E-state index in [1.165, 1.54) is 11.1 Å². The van der Waals surface area contributed by atoms with Crippen molar-refractivity contribution < 1.29 is 4.74 Å². The Hall–Kier alpha value is -0.930. The summed E-state index contributed by atoms with van der Waals surface area (Å²) in [6, 6.07) is 2.34. The fraction of sp³-hybridized carbons (Fsp3) is 0.643. The predicted molar refractivity (Wildman–Crippen MR) is 71.1 cm³/mol. The summed E-state index contributed by atoms with van der Waals surface area (Å²) in [5, 5.41) is 3.53. The number of aryl methyl sites for hydroxylation is 1. The first kappa shape index (κ1) is 14.1. The molecule has 3 nitrogen and oxygen atoms in total. The van der Waals surface area contributed by atoms with Crippen LogP contribution in [0.2, 0.25) is 0 Å². The van der Waals surface area contributed by atoms with E-state index in [0.717, 1.165) is 13.0 Å². The first-order valence-corrected chi connectivity index (χ1v) is 6.40. The van der Waals surface area contributed by atoms with Crippen molar-refractivity contribution in [1.29, 1.82) is 0 Å². The Bertz CT molecular complexity index is 326. The Kier molecular flexibility index (Phi) is 6.16. The minimum absolute atomic E-state index is 0.264. The predicted octanol–water partition coefficient (Wildman–Crippen LogP) is 2.86. The van der Waals surface area contributed by atoms with Crippen LogP contribution in [0.4, 0.5) is 0 Å². The molecule has 0 spiro atoms. The molecule has 0 aliphatic carbocycles. The van der Waals surface area contributed by atoms with Crippen LogP contribution in [0.3, 0.4) is 0 Å². The topological polar surface area (TPSA) is 34.1 Å². The maximum absolute atomic E-state index is 5.73. The van der Waals surface area contributed by atoms with Crippen LogP contribution >= 0.6 is 0 Å². The molecule has 1 aromatic heterocycles. The van der Waals surface area contributed by atoms with Crippen LogP contribution in [0, 0.1) is 6.92 Å². The molecule has 1 aromatic rings. The van der Waals surface area contributed by atoms with Crippen molar-refractivity contribution in [2.75, 3.05) is 13.2 Å². The number of hydrogen-bond donors (Lipinski definition) is 1. The van der Waals surface area contributed by atoms with Crippen molar-refractivity contribution >= 4 is 0 Å². The second kappa shape index (κ2) is 7.41. The molecule has 1 unspecified atom stereocenters. The molecule has 1 rings (SSSR count). The van der Waals surface area contributed by atoms with Crippen molar-refractivity contribution in [3.8, 4) is 0 Å². The maximum atomic E-state index is 5.73. The fourth-order valence-corrected chi connectivity index (χ4v) is 1.74. The van der Waals surface area contributed by atoms with Gasteiger partial charge in [-0.3, -0.25) is 4.98 Å². The number of hydrogen-bond acceptors (Lipinski definition) is 3. The number of nitrogens with zero attached hydrogens (tertiary/aromatic N) is 1. The van der Waals surface area contributed by atoms with E-state index >= 15 is 0 Å². The molecule has 1 N–H and O–H groups in total. The summed E-state index contributed by atoms with van der Waals surface area (Å²) in [7, 11) is 0. The van der Waals surface area contributed by atoms with Crippen LogP contribution in [0.5, 0.6) is 0 Å². The Balaban J connectivity index is 2.71. The van der Waals surface area contributed by atoms with Gasteiger partial charge in [-0.05, 0) is 50.9 Å². The standard InChI is InChI=1S/C14H24N2O/c1-5-7-16-14(10-17-11(2)3)13-6-8-15-9-12(13)4/h6,8-9,11,14,16H,5,7,10H2,1-4H3. The minimum atomic E-state index is 0.264. The van der Waals surface area contributed by atoms with Gasteiger partial charge < -0.3 is 10.1 Å². The average molecular weight is 236 g/mol. The summed E-state index contributed by atoms with van der Waals surface area (Å²) >= 11 is 0. The van der Waals surface area contributed by atoms with Crippen molar-refractivity contribution in [3.05, 3.63) is 29.6 Å². The Labute approximate surface area is 105 Å². The first-order chi connectivity index (χ1) is 8.15. The van der Waals surface area contributed by atoms with E-state index < -0.39 is 0 Å². The van der Waals surface area contributed by atoms with Crippen LogP contribution < -0.4 is 5.32 Å². The van der Waals surface area contributed by atoms with E-state index in [9.17, 15) is 0 Å². The van der Waals surface area contributed by atoms with Gasteiger partial charge in [0.15, 0.2) is 0 Å². The quantitative estimate of drug-likeness (QED) is 0.790. The molecule has 0 aliphatic rings. The molecular formula is C14H24N2O. The third kappa shape index (κ3) is 4.84. The van der Waals surface area contributed by atoms with Gasteiger partial charge in [0.05, 0.1) is 18.8 Å². The van der Waals surface area contributed by atoms with Gasteiger partial charge in [-0.15, -0.1) is 0 Å². The summed E-state index contributed by atoms with van der Waals surface area (Å²) in [6.45, 7) is 10.1. The van der Waals surface area contributed by atoms with E-state index in [1.54, 1.807) is 0 Å². The molecule has 3 heteroatoms. The van der Waals surface area contributed by atoms with Crippen molar-refractivity contribution in [1.82, 2.24) is 10.3 Å². The van der Waals surface area contributed by atoms with E-state index in [0.29, 0.717) is 6.61 Å². The van der Waals surface area contributed by atoms with Crippen LogP contribution in [0.25, 0.3) is 0 Å². The molecular weight excluding hydrogens is 212 g/mol. The summed E-state index contributed by atoms with van der Waals surface area (Å²) in [4.78, 5) is 4.13. The summed E-state index contributed by atoms with van der Waals surface area (Å²) in [5.41, 5.74) is 2.50. The lowest BCUT2D eigenvalue weighted by Crippen LogP contribution is -2.28. The molecule has 1 atom stereocenters. The second-order valence-corrected chi connectivity index (χ2v) is 4.62. The molecule has 17 heavy (non-hydrogen) atoms. The van der Waals surface area contributed by atoms with Gasteiger partial charge in [-0.1, -0.05) is 6.92 Å². The largest absolute Gasteiger partial charge is 0.377 e. The van der Waals surface area contributed by atoms with Gasteiger partial charge in [-0.2, -0.15) is 0 Å². The molecule has 0 saturated carbocycles. The number of aromatic nitrogens is 1. The van der Waals surface area contributed by atoms with E-state index in [-0.39, 0.29) is 12.1 Å². The highest BCUT2D eigenvalue weighted by molar-refractivity contribution is 5.25. The SMILES string of the molecule is CCCNC(COC(C)C)c1ccncc1C. The summed E-state index contributed by atoms with van der Waals surface area (Å²) < 4.78 is 5.73. The monoisotopic (exact) mass is 236 g/mol. The molecule has 0 aromatic carbocycles. The molecule has 1 heterocycles. The van der Waals surface area contributed by atoms with Crippen molar-refractivity contribution in [3.63, 3.8) is 0 Å². The lowest BCUT2D eigenvalue weighted by molar-refractivity contribution is 0.0610. The van der Waals surface area contributed by atoms with E-state index in [2.05, 4.69) is 44.1 Å². The molecule has 0 radical (unpaired) electrons. The van der Waals surface area contributed by atoms with Crippen molar-refractivity contribution in [2.45, 2.75) is 46.3 Å². The summed E-state index contributed by atoms with van der Waals surface area (Å²) in [6.07, 6.45) is 5.15. The molecule has 0 amide bonds. The van der Waals surface area contributed by atoms with Gasteiger partial charge in [0, 0.05) is 12.4 Å². The zero-order valence-electron chi connectivity index (χ0n) is 11.4. The molecule has 0 fully saturated rings. The molecule has 96 valence electrons. The zero-order chi connectivity index (χ0) is 12.7. The van der Waals surface area contributed by atoms with Gasteiger partial charge in [-0.25, -0.2) is 0 Å². The second-order valence-electron chi connectivity index (χ2n) is 4.62. The Morgan fingerprint density at radius 3 is 2.76 bits per heavy atom. The van der Waals surface area contributed by atoms with Gasteiger partial charge in [0.1, 0.15) is 0 Å². The summed E-state index contributed by atoms with van der Waals surface area (Å²) in [5.74, 6) is 0. The molecule has 0 saturated heterocycles. The van der Waals surface area contributed by atoms with Gasteiger partial charge in [0.25, 0.3) is 0 Å². The zero-order valence-corrected chi connectivity index (χ0v) is 11.4. The number of pyridine rings is 1. The van der Waals surface area contributed by atoms with E-state index in [1.807, 2.05) is 12.4 Å². The van der Waals surface area contributed by atoms with Gasteiger partial charge in [0.2, 0.25) is 0 Å². The highest BCUT2D eigenvalue weighted by atomic mass is 16.5. The smallest absolute Gasteiger partial charge is 0.0665 e. The Morgan fingerprint density at radius 1 is 1.41 bits per heavy atom. The lowest BCUT2D eigenvalue weighted by Gasteiger charge is -2.21. The third-order valence-corrected chi connectivity index (χ3v) is 2.68. The van der Waals surface area contributed by atoms with Crippen LogP contribution in [0.15, 0.2) is 18.5 Å². The maximum Gasteiger partial charge on any atom is 0.0665 e. The van der Waals surface area contributed by atoms with Crippen LogP contribution in [-0.2, 0) is 4.74 Å². The first-order valence-electron chi connectivity index (χ1n) is 6.40. The number of ether oxygens (including phenoxy) is 1. The van der Waals surface area contributed by atoms with Crippen LogP contribution in [-0.4, -0.2) is 24.2 Å².